The first-order chi connectivity index (χ1) is 7.24. The van der Waals surface area contributed by atoms with Crippen molar-refractivity contribution in [2.24, 2.45) is 5.92 Å². The van der Waals surface area contributed by atoms with E-state index in [9.17, 15) is 0 Å². The predicted octanol–water partition coefficient (Wildman–Crippen LogP) is 2.50. The van der Waals surface area contributed by atoms with Crippen molar-refractivity contribution in [3.05, 3.63) is 0 Å². The molecule has 1 rings (SSSR count). The van der Waals surface area contributed by atoms with Gasteiger partial charge in [-0.3, -0.25) is 0 Å². The highest BCUT2D eigenvalue weighted by molar-refractivity contribution is 4.70. The molecule has 1 fully saturated rings. The third-order valence-corrected chi connectivity index (χ3v) is 3.59. The Balaban J connectivity index is 2.08. The fraction of sp³-hybridized carbons (Fsp3) is 1.00. The first kappa shape index (κ1) is 13.0. The predicted molar refractivity (Wildman–Crippen MR) is 67.2 cm³/mol. The summed E-state index contributed by atoms with van der Waals surface area (Å²) >= 11 is 0. The van der Waals surface area contributed by atoms with Crippen molar-refractivity contribution in [1.29, 1.82) is 0 Å². The minimum absolute atomic E-state index is 0.708. The van der Waals surface area contributed by atoms with Crippen LogP contribution in [0, 0.1) is 5.92 Å². The Morgan fingerprint density at radius 2 is 2.20 bits per heavy atom. The van der Waals surface area contributed by atoms with Crippen molar-refractivity contribution >= 4 is 0 Å². The van der Waals surface area contributed by atoms with Gasteiger partial charge < -0.3 is 10.2 Å². The van der Waals surface area contributed by atoms with Crippen LogP contribution < -0.4 is 5.32 Å². The highest BCUT2D eigenvalue weighted by atomic mass is 15.1. The smallest absolute Gasteiger partial charge is 0.00384 e. The van der Waals surface area contributed by atoms with Gasteiger partial charge in [-0.15, -0.1) is 0 Å². The number of hydrogen-bond donors (Lipinski definition) is 1. The summed E-state index contributed by atoms with van der Waals surface area (Å²) < 4.78 is 0. The van der Waals surface area contributed by atoms with Crippen molar-refractivity contribution in [2.45, 2.75) is 52.5 Å². The molecule has 0 aromatic heterocycles. The second kappa shape index (κ2) is 7.24. The maximum atomic E-state index is 3.50. The Labute approximate surface area is 95.4 Å². The molecule has 90 valence electrons. The van der Waals surface area contributed by atoms with Gasteiger partial charge in [0.25, 0.3) is 0 Å². The lowest BCUT2D eigenvalue weighted by atomic mass is 9.94. The average molecular weight is 212 g/mol. The molecule has 2 heteroatoms. The largest absolute Gasteiger partial charge is 0.316 e. The average Bonchev–Trinajstić information content (AvgIpc) is 2.25. The van der Waals surface area contributed by atoms with Crippen LogP contribution in [0.25, 0.3) is 0 Å². The van der Waals surface area contributed by atoms with E-state index in [1.54, 1.807) is 0 Å². The summed E-state index contributed by atoms with van der Waals surface area (Å²) in [4.78, 5) is 2.57. The number of nitrogens with zero attached hydrogens (tertiary/aromatic N) is 1. The third kappa shape index (κ3) is 4.98. The van der Waals surface area contributed by atoms with Gasteiger partial charge in [0.05, 0.1) is 0 Å². The molecule has 1 saturated heterocycles. The number of rotatable bonds is 6. The standard InChI is InChI=1S/C13H28N2/c1-4-15(12(2)3)10-6-8-13-7-5-9-14-11-13/h12-14H,4-11H2,1-3H3. The molecule has 15 heavy (non-hydrogen) atoms. The van der Waals surface area contributed by atoms with Crippen molar-refractivity contribution in [2.75, 3.05) is 26.2 Å². The lowest BCUT2D eigenvalue weighted by molar-refractivity contribution is 0.219. The zero-order valence-electron chi connectivity index (χ0n) is 10.8. The van der Waals surface area contributed by atoms with E-state index in [0.717, 1.165) is 5.92 Å². The molecule has 0 bridgehead atoms. The van der Waals surface area contributed by atoms with Crippen LogP contribution in [0.2, 0.25) is 0 Å². The summed E-state index contributed by atoms with van der Waals surface area (Å²) in [7, 11) is 0. The fourth-order valence-corrected chi connectivity index (χ4v) is 2.53. The van der Waals surface area contributed by atoms with E-state index in [-0.39, 0.29) is 0 Å². The molecule has 0 amide bonds. The minimum atomic E-state index is 0.708. The van der Waals surface area contributed by atoms with Crippen molar-refractivity contribution in [3.63, 3.8) is 0 Å². The van der Waals surface area contributed by atoms with Gasteiger partial charge in [0, 0.05) is 6.04 Å². The number of nitrogens with one attached hydrogen (secondary N) is 1. The number of piperidine rings is 1. The maximum absolute atomic E-state index is 3.50. The van der Waals surface area contributed by atoms with Crippen LogP contribution in [0.3, 0.4) is 0 Å². The highest BCUT2D eigenvalue weighted by Crippen LogP contribution is 2.16. The van der Waals surface area contributed by atoms with Gasteiger partial charge in [0.1, 0.15) is 0 Å². The zero-order valence-corrected chi connectivity index (χ0v) is 10.8. The van der Waals surface area contributed by atoms with Crippen LogP contribution >= 0.6 is 0 Å². The Morgan fingerprint density at radius 1 is 1.40 bits per heavy atom. The monoisotopic (exact) mass is 212 g/mol. The van der Waals surface area contributed by atoms with Crippen LogP contribution in [0.1, 0.15) is 46.5 Å². The molecular formula is C13H28N2. The molecule has 1 N–H and O–H groups in total. The van der Waals surface area contributed by atoms with Crippen LogP contribution in [0.5, 0.6) is 0 Å². The summed E-state index contributed by atoms with van der Waals surface area (Å²) in [5, 5.41) is 3.50. The van der Waals surface area contributed by atoms with Crippen LogP contribution in [-0.2, 0) is 0 Å². The maximum Gasteiger partial charge on any atom is 0.00384 e. The summed E-state index contributed by atoms with van der Waals surface area (Å²) in [6, 6.07) is 0.708. The molecule has 1 aliphatic rings. The van der Waals surface area contributed by atoms with Gasteiger partial charge >= 0.3 is 0 Å². The molecule has 2 nitrogen and oxygen atoms in total. The van der Waals surface area contributed by atoms with Gasteiger partial charge in [-0.05, 0) is 71.6 Å². The van der Waals surface area contributed by atoms with Gasteiger partial charge in [-0.25, -0.2) is 0 Å². The summed E-state index contributed by atoms with van der Waals surface area (Å²) in [6.07, 6.45) is 5.61. The molecular weight excluding hydrogens is 184 g/mol. The topological polar surface area (TPSA) is 15.3 Å². The van der Waals surface area contributed by atoms with Crippen LogP contribution in [0.4, 0.5) is 0 Å². The molecule has 0 aromatic rings. The second-order valence-electron chi connectivity index (χ2n) is 5.08. The van der Waals surface area contributed by atoms with Crippen LogP contribution in [0.15, 0.2) is 0 Å². The normalized spacial score (nSPS) is 22.6. The van der Waals surface area contributed by atoms with E-state index < -0.39 is 0 Å². The summed E-state index contributed by atoms with van der Waals surface area (Å²) in [5.74, 6) is 0.949. The fourth-order valence-electron chi connectivity index (χ4n) is 2.53. The molecule has 0 radical (unpaired) electrons. The van der Waals surface area contributed by atoms with Crippen molar-refractivity contribution in [3.8, 4) is 0 Å². The molecule has 0 aliphatic carbocycles. The van der Waals surface area contributed by atoms with E-state index in [1.165, 1.54) is 51.9 Å². The van der Waals surface area contributed by atoms with E-state index >= 15 is 0 Å². The molecule has 1 aliphatic heterocycles. The summed E-state index contributed by atoms with van der Waals surface area (Å²) in [5.41, 5.74) is 0. The molecule has 0 aromatic carbocycles. The first-order valence-electron chi connectivity index (χ1n) is 6.68. The van der Waals surface area contributed by atoms with E-state index in [2.05, 4.69) is 31.0 Å². The van der Waals surface area contributed by atoms with Crippen molar-refractivity contribution in [1.82, 2.24) is 10.2 Å². The minimum Gasteiger partial charge on any atom is -0.316 e. The molecule has 0 spiro atoms. The van der Waals surface area contributed by atoms with Gasteiger partial charge in [-0.1, -0.05) is 6.92 Å². The highest BCUT2D eigenvalue weighted by Gasteiger charge is 2.13. The zero-order chi connectivity index (χ0) is 11.1. The Kier molecular flexibility index (Phi) is 6.26. The Bertz CT molecular complexity index is 151. The lowest BCUT2D eigenvalue weighted by Crippen LogP contribution is -2.33. The molecule has 1 atom stereocenters. The SMILES string of the molecule is CCN(CCCC1CCCNC1)C(C)C. The van der Waals surface area contributed by atoms with Crippen molar-refractivity contribution < 1.29 is 0 Å². The second-order valence-corrected chi connectivity index (χ2v) is 5.08. The molecule has 0 saturated carbocycles. The number of hydrogen-bond acceptors (Lipinski definition) is 2. The van der Waals surface area contributed by atoms with E-state index in [4.69, 9.17) is 0 Å². The molecule has 1 unspecified atom stereocenters. The third-order valence-electron chi connectivity index (χ3n) is 3.59. The Morgan fingerprint density at radius 3 is 2.73 bits per heavy atom. The Hall–Kier alpha value is -0.0800. The van der Waals surface area contributed by atoms with Gasteiger partial charge in [0.2, 0.25) is 0 Å². The molecule has 1 heterocycles. The van der Waals surface area contributed by atoms with E-state index in [0.29, 0.717) is 6.04 Å². The van der Waals surface area contributed by atoms with E-state index in [1.807, 2.05) is 0 Å². The first-order valence-corrected chi connectivity index (χ1v) is 6.68. The quantitative estimate of drug-likeness (QED) is 0.728. The lowest BCUT2D eigenvalue weighted by Gasteiger charge is -2.27. The van der Waals surface area contributed by atoms with Crippen LogP contribution in [-0.4, -0.2) is 37.1 Å². The summed E-state index contributed by atoms with van der Waals surface area (Å²) in [6.45, 7) is 11.8. The van der Waals surface area contributed by atoms with Gasteiger partial charge in [-0.2, -0.15) is 0 Å². The van der Waals surface area contributed by atoms with Gasteiger partial charge in [0.15, 0.2) is 0 Å².